The van der Waals surface area contributed by atoms with Gasteiger partial charge >= 0.3 is 0 Å². The fourth-order valence-electron chi connectivity index (χ4n) is 8.70. The minimum Gasteiger partial charge on any atom is -0.456 e. The highest BCUT2D eigenvalue weighted by atomic mass is 32.1. The number of benzene rings is 8. The van der Waals surface area contributed by atoms with Gasteiger partial charge in [-0.1, -0.05) is 123 Å². The fraction of sp³-hybridized carbons (Fsp3) is 0.0612. The number of rotatable bonds is 4. The Morgan fingerprint density at radius 3 is 2.10 bits per heavy atom. The number of nitrogens with zero attached hydrogens (tertiary/aromatic N) is 1. The van der Waals surface area contributed by atoms with E-state index in [4.69, 9.17) is 4.42 Å². The van der Waals surface area contributed by atoms with E-state index in [2.05, 4.69) is 170 Å². The summed E-state index contributed by atoms with van der Waals surface area (Å²) in [5.74, 6) is 0. The predicted molar refractivity (Wildman–Crippen MR) is 222 cm³/mol. The van der Waals surface area contributed by atoms with E-state index in [1.807, 2.05) is 23.5 Å². The van der Waals surface area contributed by atoms with E-state index in [0.717, 1.165) is 39.0 Å². The van der Waals surface area contributed by atoms with Crippen LogP contribution in [-0.4, -0.2) is 0 Å². The number of hydrogen-bond donors (Lipinski definition) is 0. The molecule has 0 atom stereocenters. The van der Waals surface area contributed by atoms with Crippen molar-refractivity contribution in [3.8, 4) is 22.3 Å². The highest BCUT2D eigenvalue weighted by molar-refractivity contribution is 7.26. The fourth-order valence-corrected chi connectivity index (χ4v) is 9.93. The van der Waals surface area contributed by atoms with Crippen molar-refractivity contribution in [1.29, 1.82) is 0 Å². The molecule has 10 aromatic rings. The van der Waals surface area contributed by atoms with Crippen LogP contribution in [0.4, 0.5) is 17.1 Å². The average molecular weight is 684 g/mol. The van der Waals surface area contributed by atoms with Crippen LogP contribution in [0.25, 0.3) is 75.1 Å². The molecule has 3 heteroatoms. The van der Waals surface area contributed by atoms with Crippen molar-refractivity contribution < 1.29 is 4.42 Å². The third-order valence-corrected chi connectivity index (χ3v) is 12.5. The van der Waals surface area contributed by atoms with Crippen LogP contribution in [0.1, 0.15) is 25.0 Å². The van der Waals surface area contributed by atoms with Gasteiger partial charge < -0.3 is 9.32 Å². The molecule has 0 saturated carbocycles. The molecule has 0 aliphatic heterocycles. The Morgan fingerprint density at radius 2 is 1.19 bits per heavy atom. The third-order valence-electron chi connectivity index (χ3n) is 11.3. The molecule has 11 rings (SSSR count). The first-order valence-corrected chi connectivity index (χ1v) is 18.7. The van der Waals surface area contributed by atoms with Crippen molar-refractivity contribution >= 4 is 81.3 Å². The largest absolute Gasteiger partial charge is 0.456 e. The Bertz CT molecular complexity index is 3050. The van der Waals surface area contributed by atoms with Crippen LogP contribution in [0.15, 0.2) is 168 Å². The van der Waals surface area contributed by atoms with Crippen molar-refractivity contribution in [2.75, 3.05) is 4.90 Å². The summed E-state index contributed by atoms with van der Waals surface area (Å²) in [6.07, 6.45) is 0. The zero-order valence-corrected chi connectivity index (χ0v) is 29.7. The van der Waals surface area contributed by atoms with Gasteiger partial charge in [0.05, 0.1) is 5.69 Å². The quantitative estimate of drug-likeness (QED) is 0.184. The maximum atomic E-state index is 6.43. The van der Waals surface area contributed by atoms with E-state index in [9.17, 15) is 0 Å². The standard InChI is InChI=1S/C49H33NOS/c1-49(2)41-13-6-3-12-40(41)47-42(49)14-9-15-43(47)50(34-24-27-37-36-10-4-7-16-44(36)51-45(37)29-34)33-22-18-30(19-23-33)31-20-25-35-32(28-31)21-26-39-38-11-5-8-17-46(38)52-48(35)39/h3-29H,1-2H3. The van der Waals surface area contributed by atoms with Gasteiger partial charge in [-0.2, -0.15) is 0 Å². The number of hydrogen-bond acceptors (Lipinski definition) is 3. The Morgan fingerprint density at radius 1 is 0.500 bits per heavy atom. The molecule has 0 saturated heterocycles. The summed E-state index contributed by atoms with van der Waals surface area (Å²) in [7, 11) is 0. The summed E-state index contributed by atoms with van der Waals surface area (Å²) in [4.78, 5) is 2.41. The van der Waals surface area contributed by atoms with Crippen LogP contribution in [-0.2, 0) is 5.41 Å². The van der Waals surface area contributed by atoms with Crippen molar-refractivity contribution in [3.05, 3.63) is 175 Å². The summed E-state index contributed by atoms with van der Waals surface area (Å²) < 4.78 is 9.12. The lowest BCUT2D eigenvalue weighted by Crippen LogP contribution is -2.16. The highest BCUT2D eigenvalue weighted by Gasteiger charge is 2.37. The molecule has 8 aromatic carbocycles. The van der Waals surface area contributed by atoms with E-state index in [-0.39, 0.29) is 5.41 Å². The number of thiophene rings is 1. The van der Waals surface area contributed by atoms with Crippen LogP contribution in [0.2, 0.25) is 0 Å². The molecule has 1 aliphatic carbocycles. The second-order valence-corrected chi connectivity index (χ2v) is 15.6. The predicted octanol–water partition coefficient (Wildman–Crippen LogP) is 14.6. The van der Waals surface area contributed by atoms with E-state index < -0.39 is 0 Å². The van der Waals surface area contributed by atoms with Crippen LogP contribution in [0, 0.1) is 0 Å². The molecule has 0 radical (unpaired) electrons. The zero-order valence-electron chi connectivity index (χ0n) is 28.9. The highest BCUT2D eigenvalue weighted by Crippen LogP contribution is 2.54. The molecule has 0 N–H and O–H groups in total. The lowest BCUT2D eigenvalue weighted by molar-refractivity contribution is 0.660. The Labute approximate surface area is 305 Å². The second-order valence-electron chi connectivity index (χ2n) is 14.5. The molecule has 0 spiro atoms. The maximum Gasteiger partial charge on any atom is 0.137 e. The number of fused-ring (bicyclic) bond motifs is 11. The Balaban J connectivity index is 1.06. The van der Waals surface area contributed by atoms with E-state index in [1.54, 1.807) is 0 Å². The molecule has 2 aromatic heterocycles. The van der Waals surface area contributed by atoms with Crippen LogP contribution >= 0.6 is 11.3 Å². The van der Waals surface area contributed by atoms with Crippen LogP contribution < -0.4 is 4.90 Å². The van der Waals surface area contributed by atoms with Gasteiger partial charge in [-0.25, -0.2) is 0 Å². The first kappa shape index (κ1) is 29.6. The molecule has 1 aliphatic rings. The molecule has 0 amide bonds. The molecule has 0 bridgehead atoms. The van der Waals surface area contributed by atoms with Crippen molar-refractivity contribution in [2.45, 2.75) is 19.3 Å². The lowest BCUT2D eigenvalue weighted by Gasteiger charge is -2.29. The van der Waals surface area contributed by atoms with E-state index >= 15 is 0 Å². The normalized spacial score (nSPS) is 13.3. The molecule has 2 nitrogen and oxygen atoms in total. The van der Waals surface area contributed by atoms with E-state index in [0.29, 0.717) is 0 Å². The van der Waals surface area contributed by atoms with E-state index in [1.165, 1.54) is 64.3 Å². The van der Waals surface area contributed by atoms with Gasteiger partial charge in [0.2, 0.25) is 0 Å². The van der Waals surface area contributed by atoms with Crippen molar-refractivity contribution in [3.63, 3.8) is 0 Å². The Hall–Kier alpha value is -6.16. The number of furan rings is 1. The van der Waals surface area contributed by atoms with Gasteiger partial charge in [0.15, 0.2) is 0 Å². The second kappa shape index (κ2) is 10.9. The first-order valence-electron chi connectivity index (χ1n) is 17.9. The third kappa shape index (κ3) is 4.23. The smallest absolute Gasteiger partial charge is 0.137 e. The van der Waals surface area contributed by atoms with Gasteiger partial charge in [0.25, 0.3) is 0 Å². The van der Waals surface area contributed by atoms with Crippen LogP contribution in [0.3, 0.4) is 0 Å². The number of anilines is 3. The zero-order chi connectivity index (χ0) is 34.6. The monoisotopic (exact) mass is 683 g/mol. The van der Waals surface area contributed by atoms with Gasteiger partial charge in [-0.05, 0) is 87.1 Å². The summed E-state index contributed by atoms with van der Waals surface area (Å²) in [5, 5.41) is 7.52. The first-order chi connectivity index (χ1) is 25.5. The molecule has 0 unspecified atom stereocenters. The molecule has 246 valence electrons. The summed E-state index contributed by atoms with van der Waals surface area (Å²) in [6.45, 7) is 4.69. The van der Waals surface area contributed by atoms with Gasteiger partial charge in [0, 0.05) is 59.4 Å². The lowest BCUT2D eigenvalue weighted by atomic mass is 9.82. The summed E-state index contributed by atoms with van der Waals surface area (Å²) in [5.41, 5.74) is 12.7. The maximum absolute atomic E-state index is 6.43. The van der Waals surface area contributed by atoms with Crippen LogP contribution in [0.5, 0.6) is 0 Å². The molecule has 2 heterocycles. The van der Waals surface area contributed by atoms with Crippen molar-refractivity contribution in [1.82, 2.24) is 0 Å². The molecule has 52 heavy (non-hydrogen) atoms. The van der Waals surface area contributed by atoms with Gasteiger partial charge in [-0.3, -0.25) is 0 Å². The molecular weight excluding hydrogens is 651 g/mol. The SMILES string of the molecule is CC1(C)c2ccccc2-c2c(N(c3ccc(-c4ccc5c(ccc6c7ccccc7sc56)c4)cc3)c3ccc4c(c3)oc3ccccc34)cccc21. The molecule has 0 fully saturated rings. The van der Waals surface area contributed by atoms with Crippen molar-refractivity contribution in [2.24, 2.45) is 0 Å². The number of para-hydroxylation sites is 1. The molecular formula is C49H33NOS. The topological polar surface area (TPSA) is 16.4 Å². The average Bonchev–Trinajstić information content (AvgIpc) is 3.83. The minimum absolute atomic E-state index is 0.0996. The summed E-state index contributed by atoms with van der Waals surface area (Å²) in [6, 6.07) is 59.9. The minimum atomic E-state index is -0.0996. The van der Waals surface area contributed by atoms with Gasteiger partial charge in [-0.15, -0.1) is 11.3 Å². The summed E-state index contributed by atoms with van der Waals surface area (Å²) >= 11 is 1.89. The van der Waals surface area contributed by atoms with Gasteiger partial charge in [0.1, 0.15) is 11.2 Å². The Kier molecular flexibility index (Phi) is 6.21.